The molecule has 1 N–H and O–H groups in total. The largest absolute Gasteiger partial charge is 0.493 e. The summed E-state index contributed by atoms with van der Waals surface area (Å²) in [5.41, 5.74) is 0.676. The summed E-state index contributed by atoms with van der Waals surface area (Å²) in [6, 6.07) is 3.40. The number of hydrogen-bond donors (Lipinski definition) is 1. The second-order valence-corrected chi connectivity index (χ2v) is 3.77. The smallest absolute Gasteiger partial charge is 0.141 e. The van der Waals surface area contributed by atoms with Crippen LogP contribution in [0.25, 0.3) is 0 Å². The molecule has 1 rings (SSSR count). The predicted molar refractivity (Wildman–Crippen MR) is 64.4 cm³/mol. The molecular formula is C12H17ClO3. The number of aliphatic hydroxyl groups excluding tert-OH is 1. The van der Waals surface area contributed by atoms with E-state index in [9.17, 15) is 5.11 Å². The molecule has 0 aliphatic heterocycles. The Balaban J connectivity index is 3.14. The first kappa shape index (κ1) is 13.1. The van der Waals surface area contributed by atoms with Gasteiger partial charge in [0.1, 0.15) is 11.5 Å². The third-order valence-electron chi connectivity index (χ3n) is 2.11. The summed E-state index contributed by atoms with van der Waals surface area (Å²) < 4.78 is 10.8. The maximum atomic E-state index is 9.60. The van der Waals surface area contributed by atoms with Crippen LogP contribution < -0.4 is 9.47 Å². The van der Waals surface area contributed by atoms with Gasteiger partial charge in [0, 0.05) is 11.6 Å². The number of rotatable bonds is 5. The van der Waals surface area contributed by atoms with E-state index in [1.807, 2.05) is 13.8 Å². The molecule has 1 aromatic rings. The molecule has 0 spiro atoms. The van der Waals surface area contributed by atoms with Gasteiger partial charge in [-0.25, -0.2) is 0 Å². The van der Waals surface area contributed by atoms with Crippen LogP contribution in [0, 0.1) is 0 Å². The molecule has 1 atom stereocenters. The van der Waals surface area contributed by atoms with Gasteiger partial charge in [-0.05, 0) is 26.8 Å². The lowest BCUT2D eigenvalue weighted by molar-refractivity contribution is 0.192. The van der Waals surface area contributed by atoms with Crippen molar-refractivity contribution < 1.29 is 14.6 Å². The van der Waals surface area contributed by atoms with E-state index in [0.717, 1.165) is 0 Å². The van der Waals surface area contributed by atoms with Crippen LogP contribution in [-0.4, -0.2) is 18.3 Å². The molecule has 1 unspecified atom stereocenters. The molecule has 0 radical (unpaired) electrons. The Hall–Kier alpha value is -0.930. The standard InChI is InChI=1S/C12H17ClO3/c1-4-15-11-7-12(16-5-2)10(13)6-9(11)8(3)14/h6-8,14H,4-5H2,1-3H3. The summed E-state index contributed by atoms with van der Waals surface area (Å²) in [4.78, 5) is 0. The number of aliphatic hydroxyl groups is 1. The van der Waals surface area contributed by atoms with Crippen molar-refractivity contribution in [3.8, 4) is 11.5 Å². The first-order valence-corrected chi connectivity index (χ1v) is 5.75. The third kappa shape index (κ3) is 3.03. The van der Waals surface area contributed by atoms with Crippen LogP contribution in [0.4, 0.5) is 0 Å². The molecule has 16 heavy (non-hydrogen) atoms. The maximum Gasteiger partial charge on any atom is 0.141 e. The maximum absolute atomic E-state index is 9.60. The Morgan fingerprint density at radius 1 is 1.19 bits per heavy atom. The number of halogens is 1. The van der Waals surface area contributed by atoms with Gasteiger partial charge in [0.05, 0.1) is 24.3 Å². The van der Waals surface area contributed by atoms with Gasteiger partial charge in [-0.15, -0.1) is 0 Å². The van der Waals surface area contributed by atoms with Gasteiger partial charge in [0.25, 0.3) is 0 Å². The van der Waals surface area contributed by atoms with Gasteiger partial charge in [-0.2, -0.15) is 0 Å². The van der Waals surface area contributed by atoms with E-state index in [0.29, 0.717) is 35.3 Å². The fourth-order valence-electron chi connectivity index (χ4n) is 1.42. The molecular weight excluding hydrogens is 228 g/mol. The van der Waals surface area contributed by atoms with Gasteiger partial charge in [-0.1, -0.05) is 11.6 Å². The van der Waals surface area contributed by atoms with Gasteiger partial charge in [0.15, 0.2) is 0 Å². The normalized spacial score (nSPS) is 12.3. The molecule has 3 nitrogen and oxygen atoms in total. The van der Waals surface area contributed by atoms with E-state index < -0.39 is 6.10 Å². The zero-order valence-corrected chi connectivity index (χ0v) is 10.5. The Morgan fingerprint density at radius 2 is 1.75 bits per heavy atom. The number of hydrogen-bond acceptors (Lipinski definition) is 3. The summed E-state index contributed by atoms with van der Waals surface area (Å²) in [7, 11) is 0. The highest BCUT2D eigenvalue weighted by Gasteiger charge is 2.14. The summed E-state index contributed by atoms with van der Waals surface area (Å²) in [5, 5.41) is 10.1. The molecule has 0 amide bonds. The van der Waals surface area contributed by atoms with Crippen molar-refractivity contribution in [2.45, 2.75) is 26.9 Å². The van der Waals surface area contributed by atoms with Crippen LogP contribution >= 0.6 is 11.6 Å². The van der Waals surface area contributed by atoms with Crippen molar-refractivity contribution in [1.29, 1.82) is 0 Å². The van der Waals surface area contributed by atoms with Crippen molar-refractivity contribution in [1.82, 2.24) is 0 Å². The Kier molecular flexibility index (Phi) is 4.90. The van der Waals surface area contributed by atoms with Crippen LogP contribution in [0.2, 0.25) is 5.02 Å². The zero-order chi connectivity index (χ0) is 12.1. The van der Waals surface area contributed by atoms with Crippen LogP contribution in [0.1, 0.15) is 32.4 Å². The average Bonchev–Trinajstić information content (AvgIpc) is 2.23. The topological polar surface area (TPSA) is 38.7 Å². The fraction of sp³-hybridized carbons (Fsp3) is 0.500. The van der Waals surface area contributed by atoms with Crippen LogP contribution in [-0.2, 0) is 0 Å². The van der Waals surface area contributed by atoms with Crippen LogP contribution in [0.15, 0.2) is 12.1 Å². The van der Waals surface area contributed by atoms with E-state index in [1.165, 1.54) is 0 Å². The molecule has 0 fully saturated rings. The quantitative estimate of drug-likeness (QED) is 0.865. The van der Waals surface area contributed by atoms with Crippen molar-refractivity contribution in [2.75, 3.05) is 13.2 Å². The lowest BCUT2D eigenvalue weighted by Crippen LogP contribution is -2.02. The van der Waals surface area contributed by atoms with E-state index in [-0.39, 0.29) is 0 Å². The minimum Gasteiger partial charge on any atom is -0.493 e. The SMILES string of the molecule is CCOc1cc(OCC)c(C(C)O)cc1Cl. The Morgan fingerprint density at radius 3 is 2.25 bits per heavy atom. The summed E-state index contributed by atoms with van der Waals surface area (Å²) in [6.07, 6.45) is -0.616. The first-order chi connectivity index (χ1) is 7.60. The van der Waals surface area contributed by atoms with E-state index >= 15 is 0 Å². The van der Waals surface area contributed by atoms with Crippen molar-refractivity contribution in [2.24, 2.45) is 0 Å². The Labute approximate surface area is 101 Å². The van der Waals surface area contributed by atoms with Gasteiger partial charge in [-0.3, -0.25) is 0 Å². The van der Waals surface area contributed by atoms with Crippen molar-refractivity contribution in [3.63, 3.8) is 0 Å². The second kappa shape index (κ2) is 5.97. The minimum absolute atomic E-state index is 0.487. The summed E-state index contributed by atoms with van der Waals surface area (Å²) in [6.45, 7) is 6.53. The molecule has 0 saturated heterocycles. The highest BCUT2D eigenvalue weighted by molar-refractivity contribution is 6.32. The average molecular weight is 245 g/mol. The molecule has 90 valence electrons. The fourth-order valence-corrected chi connectivity index (χ4v) is 1.65. The van der Waals surface area contributed by atoms with Crippen LogP contribution in [0.5, 0.6) is 11.5 Å². The molecule has 4 heteroatoms. The van der Waals surface area contributed by atoms with Gasteiger partial charge < -0.3 is 14.6 Å². The third-order valence-corrected chi connectivity index (χ3v) is 2.41. The summed E-state index contributed by atoms with van der Waals surface area (Å²) in [5.74, 6) is 1.20. The highest BCUT2D eigenvalue weighted by Crippen LogP contribution is 2.35. The first-order valence-electron chi connectivity index (χ1n) is 5.37. The van der Waals surface area contributed by atoms with E-state index in [2.05, 4.69) is 0 Å². The Bertz CT molecular complexity index is 350. The molecule has 0 bridgehead atoms. The van der Waals surface area contributed by atoms with Crippen LogP contribution in [0.3, 0.4) is 0 Å². The van der Waals surface area contributed by atoms with Gasteiger partial charge >= 0.3 is 0 Å². The predicted octanol–water partition coefficient (Wildman–Crippen LogP) is 3.19. The molecule has 0 saturated carbocycles. The molecule has 0 aliphatic carbocycles. The molecule has 0 aliphatic rings. The number of ether oxygens (including phenoxy) is 2. The highest BCUT2D eigenvalue weighted by atomic mass is 35.5. The second-order valence-electron chi connectivity index (χ2n) is 3.36. The lowest BCUT2D eigenvalue weighted by Gasteiger charge is -2.15. The van der Waals surface area contributed by atoms with E-state index in [4.69, 9.17) is 21.1 Å². The van der Waals surface area contributed by atoms with Gasteiger partial charge in [0.2, 0.25) is 0 Å². The van der Waals surface area contributed by atoms with Crippen molar-refractivity contribution in [3.05, 3.63) is 22.7 Å². The molecule has 1 aromatic carbocycles. The zero-order valence-electron chi connectivity index (χ0n) is 9.79. The number of benzene rings is 1. The molecule has 0 aromatic heterocycles. The minimum atomic E-state index is -0.616. The molecule has 0 heterocycles. The van der Waals surface area contributed by atoms with Crippen molar-refractivity contribution >= 4 is 11.6 Å². The summed E-state index contributed by atoms with van der Waals surface area (Å²) >= 11 is 6.03. The lowest BCUT2D eigenvalue weighted by atomic mass is 10.1. The monoisotopic (exact) mass is 244 g/mol. The van der Waals surface area contributed by atoms with E-state index in [1.54, 1.807) is 19.1 Å².